The van der Waals surface area contributed by atoms with Gasteiger partial charge < -0.3 is 0 Å². The summed E-state index contributed by atoms with van der Waals surface area (Å²) >= 11 is 0. The monoisotopic (exact) mass is 566 g/mol. The van der Waals surface area contributed by atoms with E-state index in [4.69, 9.17) is 9.97 Å². The van der Waals surface area contributed by atoms with Crippen LogP contribution >= 0.6 is 0 Å². The fourth-order valence-electron chi connectivity index (χ4n) is 5.46. The summed E-state index contributed by atoms with van der Waals surface area (Å²) in [6, 6.07) is 42.2. The van der Waals surface area contributed by atoms with E-state index in [1.807, 2.05) is 61.2 Å². The Morgan fingerprint density at radius 3 is 1.11 bits per heavy atom. The van der Waals surface area contributed by atoms with Crippen molar-refractivity contribution in [2.24, 2.45) is 0 Å². The van der Waals surface area contributed by atoms with Crippen molar-refractivity contribution in [3.8, 4) is 67.3 Å². The third kappa shape index (κ3) is 5.53. The van der Waals surface area contributed by atoms with Crippen LogP contribution in [0.5, 0.6) is 0 Å². The largest absolute Gasteiger partial charge is 0.256 e. The Bertz CT molecular complexity index is 1870. The lowest BCUT2D eigenvalue weighted by atomic mass is 9.87. The van der Waals surface area contributed by atoms with Gasteiger partial charge in [-0.1, -0.05) is 72.8 Å². The molecule has 4 nitrogen and oxygen atoms in total. The van der Waals surface area contributed by atoms with Crippen LogP contribution in [0, 0.1) is 13.8 Å². The van der Waals surface area contributed by atoms with Crippen molar-refractivity contribution < 1.29 is 0 Å². The van der Waals surface area contributed by atoms with Gasteiger partial charge in [-0.15, -0.1) is 0 Å². The standard InChI is InChI=1S/C40H30N4/c1-27-9-19-39(43-25-27)35-24-36(40-20-10-28(2)26-44-40)34(30-13-17-32(18-14-30)38-8-4-6-22-42-38)23-33(35)29-11-15-31(16-12-29)37-7-3-5-21-41-37/h3-26H,1-2H3. The van der Waals surface area contributed by atoms with Gasteiger partial charge in [-0.2, -0.15) is 0 Å². The Morgan fingerprint density at radius 1 is 0.341 bits per heavy atom. The quantitative estimate of drug-likeness (QED) is 0.201. The van der Waals surface area contributed by atoms with E-state index in [1.54, 1.807) is 0 Å². The van der Waals surface area contributed by atoms with Crippen molar-refractivity contribution in [1.82, 2.24) is 19.9 Å². The first-order chi connectivity index (χ1) is 21.6. The molecule has 4 heterocycles. The second kappa shape index (κ2) is 11.9. The number of rotatable bonds is 6. The van der Waals surface area contributed by atoms with E-state index in [0.717, 1.165) is 78.4 Å². The number of nitrogens with zero attached hydrogens (tertiary/aromatic N) is 4. The second-order valence-electron chi connectivity index (χ2n) is 11.0. The molecule has 0 bridgehead atoms. The van der Waals surface area contributed by atoms with Crippen molar-refractivity contribution >= 4 is 0 Å². The summed E-state index contributed by atoms with van der Waals surface area (Å²) in [5.41, 5.74) is 14.7. The van der Waals surface area contributed by atoms with E-state index in [9.17, 15) is 0 Å². The number of hydrogen-bond acceptors (Lipinski definition) is 4. The third-order valence-corrected chi connectivity index (χ3v) is 7.85. The van der Waals surface area contributed by atoms with Crippen LogP contribution in [0.4, 0.5) is 0 Å². The number of aromatic nitrogens is 4. The van der Waals surface area contributed by atoms with Crippen LogP contribution in [0.3, 0.4) is 0 Å². The highest BCUT2D eigenvalue weighted by atomic mass is 14.7. The van der Waals surface area contributed by atoms with Crippen LogP contribution in [-0.4, -0.2) is 19.9 Å². The highest BCUT2D eigenvalue weighted by Crippen LogP contribution is 2.42. The molecule has 0 aliphatic rings. The summed E-state index contributed by atoms with van der Waals surface area (Å²) in [5, 5.41) is 0. The van der Waals surface area contributed by atoms with Gasteiger partial charge in [0.2, 0.25) is 0 Å². The molecular formula is C40H30N4. The Kier molecular flexibility index (Phi) is 7.31. The first kappa shape index (κ1) is 27.1. The molecule has 0 aliphatic heterocycles. The zero-order valence-corrected chi connectivity index (χ0v) is 24.6. The molecule has 0 saturated heterocycles. The lowest BCUT2D eigenvalue weighted by Crippen LogP contribution is -1.95. The molecule has 0 spiro atoms. The van der Waals surface area contributed by atoms with Crippen LogP contribution in [0.2, 0.25) is 0 Å². The molecule has 0 amide bonds. The number of benzene rings is 3. The highest BCUT2D eigenvalue weighted by Gasteiger charge is 2.18. The lowest BCUT2D eigenvalue weighted by molar-refractivity contribution is 1.26. The fourth-order valence-corrected chi connectivity index (χ4v) is 5.46. The zero-order chi connectivity index (χ0) is 29.9. The smallest absolute Gasteiger partial charge is 0.0708 e. The Hall–Kier alpha value is -5.74. The van der Waals surface area contributed by atoms with Crippen molar-refractivity contribution in [3.63, 3.8) is 0 Å². The third-order valence-electron chi connectivity index (χ3n) is 7.85. The molecule has 44 heavy (non-hydrogen) atoms. The van der Waals surface area contributed by atoms with Crippen LogP contribution < -0.4 is 0 Å². The minimum absolute atomic E-state index is 0.921. The zero-order valence-electron chi connectivity index (χ0n) is 24.6. The molecule has 0 saturated carbocycles. The summed E-state index contributed by atoms with van der Waals surface area (Å²) in [5.74, 6) is 0. The average molecular weight is 567 g/mol. The molecule has 0 radical (unpaired) electrons. The molecule has 4 heteroatoms. The molecule has 210 valence electrons. The Balaban J connectivity index is 1.43. The normalized spacial score (nSPS) is 11.0. The van der Waals surface area contributed by atoms with E-state index in [-0.39, 0.29) is 0 Å². The summed E-state index contributed by atoms with van der Waals surface area (Å²) < 4.78 is 0. The predicted octanol–water partition coefficient (Wildman–Crippen LogP) is 9.89. The van der Waals surface area contributed by atoms with Crippen molar-refractivity contribution in [2.45, 2.75) is 13.8 Å². The van der Waals surface area contributed by atoms with Crippen LogP contribution in [-0.2, 0) is 0 Å². The van der Waals surface area contributed by atoms with Gasteiger partial charge in [0.1, 0.15) is 0 Å². The molecule has 4 aromatic heterocycles. The van der Waals surface area contributed by atoms with E-state index >= 15 is 0 Å². The fraction of sp³-hybridized carbons (Fsp3) is 0.0500. The maximum Gasteiger partial charge on any atom is 0.0708 e. The van der Waals surface area contributed by atoms with Gasteiger partial charge >= 0.3 is 0 Å². The van der Waals surface area contributed by atoms with Gasteiger partial charge in [0, 0.05) is 47.0 Å². The van der Waals surface area contributed by atoms with Crippen LogP contribution in [0.25, 0.3) is 67.3 Å². The summed E-state index contributed by atoms with van der Waals surface area (Å²) in [4.78, 5) is 18.8. The number of aryl methyl sites for hydroxylation is 2. The van der Waals surface area contributed by atoms with Gasteiger partial charge in [0.05, 0.1) is 22.8 Å². The highest BCUT2D eigenvalue weighted by molar-refractivity contribution is 5.94. The average Bonchev–Trinajstić information content (AvgIpc) is 3.09. The van der Waals surface area contributed by atoms with Crippen molar-refractivity contribution in [1.29, 1.82) is 0 Å². The summed E-state index contributed by atoms with van der Waals surface area (Å²) in [6.45, 7) is 4.13. The Labute approximate surface area is 257 Å². The van der Waals surface area contributed by atoms with E-state index in [0.29, 0.717) is 0 Å². The molecule has 0 fully saturated rings. The molecule has 0 atom stereocenters. The van der Waals surface area contributed by atoms with Gasteiger partial charge in [-0.25, -0.2) is 0 Å². The number of hydrogen-bond donors (Lipinski definition) is 0. The van der Waals surface area contributed by atoms with Crippen LogP contribution in [0.1, 0.15) is 11.1 Å². The van der Waals surface area contributed by atoms with Gasteiger partial charge in [0.25, 0.3) is 0 Å². The molecule has 0 aliphatic carbocycles. The molecular weight excluding hydrogens is 536 g/mol. The maximum absolute atomic E-state index is 4.86. The molecule has 0 N–H and O–H groups in total. The first-order valence-corrected chi connectivity index (χ1v) is 14.7. The summed E-state index contributed by atoms with van der Waals surface area (Å²) in [7, 11) is 0. The molecule has 7 rings (SSSR count). The minimum atomic E-state index is 0.921. The minimum Gasteiger partial charge on any atom is -0.256 e. The van der Waals surface area contributed by atoms with Gasteiger partial charge in [-0.05, 0) is 95.8 Å². The Morgan fingerprint density at radius 2 is 0.750 bits per heavy atom. The molecule has 3 aromatic carbocycles. The summed E-state index contributed by atoms with van der Waals surface area (Å²) in [6.07, 6.45) is 7.51. The van der Waals surface area contributed by atoms with Crippen molar-refractivity contribution in [3.05, 3.63) is 157 Å². The van der Waals surface area contributed by atoms with Crippen LogP contribution in [0.15, 0.2) is 146 Å². The molecule has 0 unspecified atom stereocenters. The predicted molar refractivity (Wildman–Crippen MR) is 180 cm³/mol. The second-order valence-corrected chi connectivity index (χ2v) is 11.0. The lowest BCUT2D eigenvalue weighted by Gasteiger charge is -2.18. The van der Waals surface area contributed by atoms with E-state index in [1.165, 1.54) is 0 Å². The van der Waals surface area contributed by atoms with Crippen molar-refractivity contribution in [2.75, 3.05) is 0 Å². The SMILES string of the molecule is Cc1ccc(-c2cc(-c3ccc(C)cn3)c(-c3ccc(-c4ccccn4)cc3)cc2-c2ccc(-c3ccccn3)cc2)nc1. The number of pyridine rings is 4. The molecule has 7 aromatic rings. The first-order valence-electron chi connectivity index (χ1n) is 14.7. The van der Waals surface area contributed by atoms with Gasteiger partial charge in [0.15, 0.2) is 0 Å². The van der Waals surface area contributed by atoms with E-state index in [2.05, 4.69) is 109 Å². The van der Waals surface area contributed by atoms with E-state index < -0.39 is 0 Å². The topological polar surface area (TPSA) is 51.6 Å². The van der Waals surface area contributed by atoms with Gasteiger partial charge in [-0.3, -0.25) is 19.9 Å². The maximum atomic E-state index is 4.86.